The highest BCUT2D eigenvalue weighted by atomic mass is 31.2. The number of benzene rings is 1. The molecular formula is C22H21F3N3O9P. The van der Waals surface area contributed by atoms with E-state index in [0.29, 0.717) is 4.57 Å². The molecule has 0 spiro atoms. The standard InChI is InChI=1S/C22H21F3N3O9P/c23-22(24,25)15-4-2-1-3-14(15)12-5-7-26-13(9-12)10-28-17(29)6-8-27(21(28)32)20-19(31)18(30)16(37-20)11-36-38(33,34)35/h1-9,16,18-20,30-31H,10-11H2,(H2,33,34,35)/t16-,18?,19?,20-/m1/s1. The Hall–Kier alpha value is -3.17. The van der Waals surface area contributed by atoms with Crippen molar-refractivity contribution in [3.8, 4) is 11.1 Å². The number of aromatic nitrogens is 3. The number of aliphatic hydroxyl groups is 2. The minimum atomic E-state index is -4.91. The summed E-state index contributed by atoms with van der Waals surface area (Å²) >= 11 is 0. The number of hydrogen-bond donors (Lipinski definition) is 4. The third-order valence-electron chi connectivity index (χ3n) is 5.79. The predicted octanol–water partition coefficient (Wildman–Crippen LogP) is 0.868. The van der Waals surface area contributed by atoms with Crippen molar-refractivity contribution in [2.45, 2.75) is 37.3 Å². The van der Waals surface area contributed by atoms with E-state index in [2.05, 4.69) is 9.51 Å². The molecule has 1 fully saturated rings. The van der Waals surface area contributed by atoms with Gasteiger partial charge in [-0.2, -0.15) is 13.2 Å². The molecule has 204 valence electrons. The first-order valence-corrected chi connectivity index (χ1v) is 12.4. The van der Waals surface area contributed by atoms with Crippen molar-refractivity contribution in [3.63, 3.8) is 0 Å². The molecule has 0 aliphatic carbocycles. The van der Waals surface area contributed by atoms with Crippen LogP contribution in [0.3, 0.4) is 0 Å². The summed E-state index contributed by atoms with van der Waals surface area (Å²) in [5.74, 6) is 0. The first-order valence-electron chi connectivity index (χ1n) is 10.9. The second-order valence-corrected chi connectivity index (χ2v) is 9.58. The van der Waals surface area contributed by atoms with Crippen LogP contribution in [0.2, 0.25) is 0 Å². The zero-order valence-electron chi connectivity index (χ0n) is 19.2. The van der Waals surface area contributed by atoms with Gasteiger partial charge in [-0.15, -0.1) is 0 Å². The van der Waals surface area contributed by atoms with Gasteiger partial charge in [0.2, 0.25) is 0 Å². The molecule has 3 heterocycles. The largest absolute Gasteiger partial charge is 0.469 e. The van der Waals surface area contributed by atoms with Crippen molar-refractivity contribution >= 4 is 7.82 Å². The highest BCUT2D eigenvalue weighted by Crippen LogP contribution is 2.38. The smallest absolute Gasteiger partial charge is 0.387 e. The molecule has 38 heavy (non-hydrogen) atoms. The molecule has 4 atom stereocenters. The van der Waals surface area contributed by atoms with Crippen LogP contribution in [0.5, 0.6) is 0 Å². The van der Waals surface area contributed by atoms with Gasteiger partial charge in [-0.1, -0.05) is 18.2 Å². The summed E-state index contributed by atoms with van der Waals surface area (Å²) in [4.78, 5) is 47.3. The van der Waals surface area contributed by atoms with Crippen LogP contribution in [-0.2, 0) is 26.5 Å². The van der Waals surface area contributed by atoms with E-state index in [0.717, 1.165) is 22.9 Å². The first-order chi connectivity index (χ1) is 17.8. The van der Waals surface area contributed by atoms with E-state index >= 15 is 0 Å². The summed E-state index contributed by atoms with van der Waals surface area (Å²) in [5.41, 5.74) is -2.56. The Kier molecular flexibility index (Phi) is 7.72. The summed E-state index contributed by atoms with van der Waals surface area (Å²) in [6.45, 7) is -1.25. The van der Waals surface area contributed by atoms with Crippen molar-refractivity contribution < 1.29 is 47.0 Å². The monoisotopic (exact) mass is 559 g/mol. The Morgan fingerprint density at radius 3 is 2.47 bits per heavy atom. The molecule has 12 nitrogen and oxygen atoms in total. The average molecular weight is 559 g/mol. The summed E-state index contributed by atoms with van der Waals surface area (Å²) in [6, 6.07) is 8.50. The lowest BCUT2D eigenvalue weighted by Gasteiger charge is -2.19. The van der Waals surface area contributed by atoms with Crippen molar-refractivity contribution in [1.29, 1.82) is 0 Å². The van der Waals surface area contributed by atoms with Crippen LogP contribution in [0.1, 0.15) is 17.5 Å². The molecule has 1 aliphatic heterocycles. The lowest BCUT2D eigenvalue weighted by Crippen LogP contribution is -2.43. The second kappa shape index (κ2) is 10.5. The number of halogens is 3. The van der Waals surface area contributed by atoms with Crippen molar-refractivity contribution in [3.05, 3.63) is 87.0 Å². The lowest BCUT2D eigenvalue weighted by molar-refractivity contribution is -0.137. The molecular weight excluding hydrogens is 538 g/mol. The van der Waals surface area contributed by atoms with Gasteiger partial charge in [-0.25, -0.2) is 9.36 Å². The van der Waals surface area contributed by atoms with Gasteiger partial charge in [-0.05, 0) is 29.3 Å². The molecule has 0 amide bonds. The molecule has 4 rings (SSSR count). The summed E-state index contributed by atoms with van der Waals surface area (Å²) < 4.78 is 62.5. The number of pyridine rings is 1. The van der Waals surface area contributed by atoms with Crippen LogP contribution in [0.4, 0.5) is 13.2 Å². The van der Waals surface area contributed by atoms with Gasteiger partial charge in [0, 0.05) is 18.5 Å². The zero-order chi connectivity index (χ0) is 27.8. The van der Waals surface area contributed by atoms with E-state index in [1.807, 2.05) is 0 Å². The second-order valence-electron chi connectivity index (χ2n) is 8.34. The van der Waals surface area contributed by atoms with E-state index in [1.54, 1.807) is 0 Å². The third kappa shape index (κ3) is 5.94. The van der Waals surface area contributed by atoms with E-state index in [-0.39, 0.29) is 16.8 Å². The molecule has 0 saturated carbocycles. The van der Waals surface area contributed by atoms with Gasteiger partial charge in [0.25, 0.3) is 5.56 Å². The number of nitrogens with zero attached hydrogens (tertiary/aromatic N) is 3. The zero-order valence-corrected chi connectivity index (χ0v) is 20.1. The number of phosphoric acid groups is 1. The van der Waals surface area contributed by atoms with E-state index in [9.17, 15) is 37.5 Å². The first kappa shape index (κ1) is 27.9. The third-order valence-corrected chi connectivity index (χ3v) is 6.28. The minimum absolute atomic E-state index is 0.0808. The van der Waals surface area contributed by atoms with Crippen LogP contribution in [0.25, 0.3) is 11.1 Å². The van der Waals surface area contributed by atoms with Crippen LogP contribution in [-0.4, -0.2) is 59.0 Å². The molecule has 4 N–H and O–H groups in total. The number of rotatable bonds is 7. The maximum Gasteiger partial charge on any atom is 0.469 e. The fourth-order valence-corrected chi connectivity index (χ4v) is 4.36. The molecule has 16 heteroatoms. The number of phosphoric ester groups is 1. The normalized spacial score (nSPS) is 22.1. The van der Waals surface area contributed by atoms with Crippen molar-refractivity contribution in [2.75, 3.05) is 6.61 Å². The van der Waals surface area contributed by atoms with Gasteiger partial charge in [0.1, 0.15) is 18.3 Å². The lowest BCUT2D eigenvalue weighted by atomic mass is 9.99. The molecule has 1 aliphatic rings. The number of hydrogen-bond acceptors (Lipinski definition) is 8. The highest BCUT2D eigenvalue weighted by molar-refractivity contribution is 7.46. The van der Waals surface area contributed by atoms with Crippen LogP contribution in [0.15, 0.2) is 64.4 Å². The van der Waals surface area contributed by atoms with Gasteiger partial charge >= 0.3 is 19.7 Å². The SMILES string of the molecule is O=c1ccn([C@@H]2O[C@H](COP(=O)(O)O)C(O)C2O)c(=O)n1Cc1cc(-c2ccccc2C(F)(F)F)ccn1. The van der Waals surface area contributed by atoms with Gasteiger partial charge < -0.3 is 24.7 Å². The topological polar surface area (TPSA) is 173 Å². The summed E-state index contributed by atoms with van der Waals surface area (Å²) in [7, 11) is -4.91. The molecule has 0 bridgehead atoms. The van der Waals surface area contributed by atoms with Crippen molar-refractivity contribution in [1.82, 2.24) is 14.1 Å². The number of ether oxygens (including phenoxy) is 1. The molecule has 2 aromatic heterocycles. The maximum absolute atomic E-state index is 13.5. The van der Waals surface area contributed by atoms with E-state index < -0.39 is 68.5 Å². The molecule has 1 aromatic carbocycles. The molecule has 1 saturated heterocycles. The van der Waals surface area contributed by atoms with Crippen LogP contribution >= 0.6 is 7.82 Å². The van der Waals surface area contributed by atoms with Crippen LogP contribution < -0.4 is 11.2 Å². The van der Waals surface area contributed by atoms with Gasteiger partial charge in [0.15, 0.2) is 6.23 Å². The quantitative estimate of drug-likeness (QED) is 0.304. The Morgan fingerprint density at radius 2 is 1.79 bits per heavy atom. The Morgan fingerprint density at radius 1 is 1.08 bits per heavy atom. The molecule has 0 radical (unpaired) electrons. The minimum Gasteiger partial charge on any atom is -0.387 e. The van der Waals surface area contributed by atoms with Gasteiger partial charge in [-0.3, -0.25) is 23.4 Å². The number of alkyl halides is 3. The van der Waals surface area contributed by atoms with Crippen LogP contribution in [0, 0.1) is 0 Å². The van der Waals surface area contributed by atoms with Crippen molar-refractivity contribution in [2.24, 2.45) is 0 Å². The number of aliphatic hydroxyl groups excluding tert-OH is 2. The highest BCUT2D eigenvalue weighted by Gasteiger charge is 2.45. The van der Waals surface area contributed by atoms with Gasteiger partial charge in [0.05, 0.1) is 24.4 Å². The molecule has 2 unspecified atom stereocenters. The fourth-order valence-electron chi connectivity index (χ4n) is 4.01. The van der Waals surface area contributed by atoms with E-state index in [1.165, 1.54) is 36.5 Å². The van der Waals surface area contributed by atoms with E-state index in [4.69, 9.17) is 14.5 Å². The Labute approximate surface area is 211 Å². The summed E-state index contributed by atoms with van der Waals surface area (Å²) in [5, 5.41) is 20.5. The Bertz CT molecular complexity index is 1490. The summed E-state index contributed by atoms with van der Waals surface area (Å²) in [6.07, 6.45) is -8.77. The molecule has 3 aromatic rings. The Balaban J connectivity index is 1.64. The predicted molar refractivity (Wildman–Crippen MR) is 123 cm³/mol. The fraction of sp³-hybridized carbons (Fsp3) is 0.318. The average Bonchev–Trinajstić information content (AvgIpc) is 3.13. The maximum atomic E-state index is 13.5.